The molecule has 0 bridgehead atoms. The van der Waals surface area contributed by atoms with Crippen molar-refractivity contribution in [3.8, 4) is 0 Å². The first-order valence-electron chi connectivity index (χ1n) is 30.7. The molecule has 17 unspecified atom stereocenters. The molecule has 3 heterocycles. The van der Waals surface area contributed by atoms with Crippen LogP contribution >= 0.6 is 0 Å². The molecular weight excluding hydrogens is 1050 g/mol. The normalized spacial score (nSPS) is 30.3. The van der Waals surface area contributed by atoms with Crippen LogP contribution in [0.4, 0.5) is 0 Å². The zero-order valence-corrected chi connectivity index (χ0v) is 48.7. The summed E-state index contributed by atoms with van der Waals surface area (Å²) >= 11 is 0. The fraction of sp³-hybridized carbons (Fsp3) is 0.790. The number of rotatable bonds is 44. The highest BCUT2D eigenvalue weighted by Crippen LogP contribution is 2.33. The molecule has 0 aromatic rings. The van der Waals surface area contributed by atoms with Crippen LogP contribution in [-0.2, 0) is 33.2 Å². The number of nitrogens with one attached hydrogen (secondary N) is 1. The molecule has 0 aromatic carbocycles. The lowest BCUT2D eigenvalue weighted by molar-refractivity contribution is -0.379. The highest BCUT2D eigenvalue weighted by molar-refractivity contribution is 5.76. The standard InChI is InChI=1S/C62H107NO18/c1-3-5-7-9-11-13-15-17-19-21-22-24-26-28-30-32-34-36-38-40-50(68)63-45(46(67)39-37-35-33-31-29-27-25-23-20-18-16-14-12-10-8-6-4-2)44-76-60-56(74)53(71)58(48(42-65)78-60)81-62-57(75)54(72)59(49(43-66)79-62)80-61-55(73)52(70)51(69)47(41-64)77-61/h5,7,11,13,17,19,22,24,28,30,37,39,45-49,51-62,64-67,69-75H,3-4,6,8-10,12,14-16,18,20-21,23,25-27,29,31-36,38,40-44H2,1-2H3,(H,63,68)/b7-5-,13-11-,19-17-,24-22-,30-28-,39-37+. The van der Waals surface area contributed by atoms with Gasteiger partial charge in [0.25, 0.3) is 0 Å². The molecule has 3 rings (SSSR count). The van der Waals surface area contributed by atoms with Gasteiger partial charge in [0.05, 0.1) is 38.6 Å². The summed E-state index contributed by atoms with van der Waals surface area (Å²) in [6, 6.07) is -0.994. The van der Waals surface area contributed by atoms with Crippen molar-refractivity contribution >= 4 is 5.91 Å². The van der Waals surface area contributed by atoms with E-state index < -0.39 is 124 Å². The number of hydrogen-bond acceptors (Lipinski definition) is 18. The summed E-state index contributed by atoms with van der Waals surface area (Å²) in [7, 11) is 0. The summed E-state index contributed by atoms with van der Waals surface area (Å²) < 4.78 is 34.2. The van der Waals surface area contributed by atoms with Crippen molar-refractivity contribution in [3.05, 3.63) is 72.9 Å². The molecule has 0 radical (unpaired) electrons. The number of aliphatic hydroxyl groups is 11. The Morgan fingerprint density at radius 1 is 0.457 bits per heavy atom. The minimum atomic E-state index is -1.98. The van der Waals surface area contributed by atoms with Crippen molar-refractivity contribution < 1.29 is 89.4 Å². The summed E-state index contributed by atoms with van der Waals surface area (Å²) in [5.41, 5.74) is 0. The molecule has 3 aliphatic rings. The van der Waals surface area contributed by atoms with Gasteiger partial charge in [-0.05, 0) is 64.2 Å². The minimum Gasteiger partial charge on any atom is -0.394 e. The average molecular weight is 1150 g/mol. The van der Waals surface area contributed by atoms with Crippen molar-refractivity contribution in [1.29, 1.82) is 0 Å². The summed E-state index contributed by atoms with van der Waals surface area (Å²) in [5, 5.41) is 120. The Bertz CT molecular complexity index is 1760. The summed E-state index contributed by atoms with van der Waals surface area (Å²) in [4.78, 5) is 13.3. The van der Waals surface area contributed by atoms with Gasteiger partial charge in [0.15, 0.2) is 18.9 Å². The largest absolute Gasteiger partial charge is 0.394 e. The number of amides is 1. The van der Waals surface area contributed by atoms with Gasteiger partial charge in [-0.1, -0.05) is 183 Å². The van der Waals surface area contributed by atoms with E-state index in [4.69, 9.17) is 28.4 Å². The average Bonchev–Trinajstić information content (AvgIpc) is 3.51. The lowest BCUT2D eigenvalue weighted by atomic mass is 9.96. The van der Waals surface area contributed by atoms with Crippen LogP contribution in [0.25, 0.3) is 0 Å². The molecule has 17 atom stereocenters. The number of hydrogen-bond donors (Lipinski definition) is 12. The Morgan fingerprint density at radius 3 is 1.33 bits per heavy atom. The number of aliphatic hydroxyl groups excluding tert-OH is 11. The zero-order valence-electron chi connectivity index (χ0n) is 48.7. The monoisotopic (exact) mass is 1150 g/mol. The number of carbonyl (C=O) groups excluding carboxylic acids is 1. The Kier molecular flexibility index (Phi) is 40.0. The predicted molar refractivity (Wildman–Crippen MR) is 309 cm³/mol. The molecule has 19 nitrogen and oxygen atoms in total. The molecule has 81 heavy (non-hydrogen) atoms. The quantitative estimate of drug-likeness (QED) is 0.0253. The number of allylic oxidation sites excluding steroid dienone is 11. The van der Waals surface area contributed by atoms with Crippen molar-refractivity contribution in [2.75, 3.05) is 26.4 Å². The van der Waals surface area contributed by atoms with Gasteiger partial charge in [0, 0.05) is 6.42 Å². The van der Waals surface area contributed by atoms with Crippen molar-refractivity contribution in [2.45, 2.75) is 285 Å². The van der Waals surface area contributed by atoms with E-state index in [2.05, 4.69) is 79.9 Å². The maximum absolute atomic E-state index is 13.3. The number of carbonyl (C=O) groups is 1. The Labute approximate surface area is 483 Å². The first-order chi connectivity index (χ1) is 39.3. The van der Waals surface area contributed by atoms with Gasteiger partial charge < -0.3 is 89.9 Å². The van der Waals surface area contributed by atoms with Crippen molar-refractivity contribution in [2.24, 2.45) is 0 Å². The van der Waals surface area contributed by atoms with Gasteiger partial charge in [-0.2, -0.15) is 0 Å². The fourth-order valence-corrected chi connectivity index (χ4v) is 9.98. The van der Waals surface area contributed by atoms with Crippen LogP contribution in [0.5, 0.6) is 0 Å². The molecule has 3 saturated heterocycles. The third-order valence-corrected chi connectivity index (χ3v) is 15.0. The molecule has 1 amide bonds. The molecule has 12 N–H and O–H groups in total. The Morgan fingerprint density at radius 2 is 0.852 bits per heavy atom. The van der Waals surface area contributed by atoms with Crippen LogP contribution < -0.4 is 5.32 Å². The molecule has 3 fully saturated rings. The first-order valence-corrected chi connectivity index (χ1v) is 30.7. The summed E-state index contributed by atoms with van der Waals surface area (Å²) in [5.74, 6) is -0.310. The second kappa shape index (κ2) is 44.7. The van der Waals surface area contributed by atoms with Crippen LogP contribution in [-0.4, -0.2) is 193 Å². The maximum atomic E-state index is 13.3. The minimum absolute atomic E-state index is 0.201. The summed E-state index contributed by atoms with van der Waals surface area (Å²) in [6.45, 7) is 1.57. The molecule has 468 valence electrons. The van der Waals surface area contributed by atoms with E-state index in [-0.39, 0.29) is 18.9 Å². The smallest absolute Gasteiger partial charge is 0.220 e. The van der Waals surface area contributed by atoms with E-state index >= 15 is 0 Å². The SMILES string of the molecule is CC/C=C\C/C=C\C/C=C\C/C=C\C/C=C\CCCCCC(=O)NC(COC1OC(CO)C(OC2OC(CO)C(OC3OC(CO)C(O)C(O)C3O)C(O)C2O)C(O)C1O)C(O)/C=C/CCCCCCCCCCCCCCCCC. The second-order valence-electron chi connectivity index (χ2n) is 21.8. The van der Waals surface area contributed by atoms with E-state index in [1.54, 1.807) is 6.08 Å². The molecule has 0 aromatic heterocycles. The van der Waals surface area contributed by atoms with Crippen LogP contribution in [0.3, 0.4) is 0 Å². The highest BCUT2D eigenvalue weighted by Gasteiger charge is 2.53. The van der Waals surface area contributed by atoms with Gasteiger partial charge in [-0.15, -0.1) is 0 Å². The van der Waals surface area contributed by atoms with Crippen LogP contribution in [0.1, 0.15) is 181 Å². The van der Waals surface area contributed by atoms with Crippen molar-refractivity contribution in [1.82, 2.24) is 5.32 Å². The van der Waals surface area contributed by atoms with E-state index in [1.165, 1.54) is 77.0 Å². The topological polar surface area (TPSA) is 307 Å². The van der Waals surface area contributed by atoms with E-state index in [1.807, 2.05) is 6.08 Å². The van der Waals surface area contributed by atoms with Crippen molar-refractivity contribution in [3.63, 3.8) is 0 Å². The third-order valence-electron chi connectivity index (χ3n) is 15.0. The lowest BCUT2D eigenvalue weighted by Crippen LogP contribution is -2.66. The third kappa shape index (κ3) is 28.3. The number of ether oxygens (including phenoxy) is 6. The highest BCUT2D eigenvalue weighted by atomic mass is 16.8. The first kappa shape index (κ1) is 72.5. The second-order valence-corrected chi connectivity index (χ2v) is 21.8. The maximum Gasteiger partial charge on any atom is 0.220 e. The van der Waals surface area contributed by atoms with E-state index in [0.717, 1.165) is 77.0 Å². The van der Waals surface area contributed by atoms with Gasteiger partial charge in [0.1, 0.15) is 73.2 Å². The van der Waals surface area contributed by atoms with Crippen LogP contribution in [0, 0.1) is 0 Å². The molecule has 0 aliphatic carbocycles. The van der Waals surface area contributed by atoms with Crippen LogP contribution in [0.2, 0.25) is 0 Å². The Balaban J connectivity index is 1.52. The summed E-state index contributed by atoms with van der Waals surface area (Å²) in [6.07, 6.45) is 25.9. The number of unbranched alkanes of at least 4 members (excludes halogenated alkanes) is 18. The molecule has 3 aliphatic heterocycles. The lowest BCUT2D eigenvalue weighted by Gasteiger charge is -2.48. The predicted octanol–water partition coefficient (Wildman–Crippen LogP) is 5.82. The van der Waals surface area contributed by atoms with Gasteiger partial charge >= 0.3 is 0 Å². The Hall–Kier alpha value is -2.77. The van der Waals surface area contributed by atoms with Gasteiger partial charge in [-0.25, -0.2) is 0 Å². The fourth-order valence-electron chi connectivity index (χ4n) is 9.98. The van der Waals surface area contributed by atoms with E-state index in [0.29, 0.717) is 6.42 Å². The molecular formula is C62H107NO18. The van der Waals surface area contributed by atoms with Crippen LogP contribution in [0.15, 0.2) is 72.9 Å². The van der Waals surface area contributed by atoms with Gasteiger partial charge in [0.2, 0.25) is 5.91 Å². The zero-order chi connectivity index (χ0) is 59.0. The van der Waals surface area contributed by atoms with Gasteiger partial charge in [-0.3, -0.25) is 4.79 Å². The van der Waals surface area contributed by atoms with E-state index in [9.17, 15) is 61.0 Å². The molecule has 0 spiro atoms. The molecule has 19 heteroatoms. The molecule has 0 saturated carbocycles.